The molecule has 2 saturated heterocycles. The molecule has 322 valence electrons. The molecule has 4 heterocycles. The van der Waals surface area contributed by atoms with Crippen molar-refractivity contribution in [1.29, 1.82) is 0 Å². The molecule has 4 amide bonds. The number of amidine groups is 2. The Morgan fingerprint density at radius 2 is 1.02 bits per heavy atom. The molecule has 1 aliphatic carbocycles. The number of fused-ring (bicyclic) bond motifs is 2. The van der Waals surface area contributed by atoms with Gasteiger partial charge in [-0.3, -0.25) is 19.4 Å². The van der Waals surface area contributed by atoms with Gasteiger partial charge in [-0.2, -0.15) is 0 Å². The molecule has 62 heavy (non-hydrogen) atoms. The molecule has 0 unspecified atom stereocenters. The number of nitrogens with zero attached hydrogens (tertiary/aromatic N) is 6. The number of carbonyl (C=O) groups is 4. The highest BCUT2D eigenvalue weighted by atomic mass is 16.6. The minimum absolute atomic E-state index is 0.0934. The summed E-state index contributed by atoms with van der Waals surface area (Å²) >= 11 is 0. The smallest absolute Gasteiger partial charge is 0.410 e. The van der Waals surface area contributed by atoms with E-state index in [1.54, 1.807) is 23.6 Å². The second-order valence-electron chi connectivity index (χ2n) is 16.3. The number of hydrogen-bond donors (Lipinski definition) is 2. The first-order valence-electron chi connectivity index (χ1n) is 21.7. The Hall–Kier alpha value is -6.70. The van der Waals surface area contributed by atoms with Crippen LogP contribution in [0, 0.1) is 0 Å². The molecule has 4 N–H and O–H groups in total. The summed E-state index contributed by atoms with van der Waals surface area (Å²) in [5, 5.41) is 0. The van der Waals surface area contributed by atoms with E-state index in [0.29, 0.717) is 49.1 Å². The second kappa shape index (κ2) is 18.1. The normalized spacial score (nSPS) is 17.4. The van der Waals surface area contributed by atoms with Crippen molar-refractivity contribution in [1.82, 2.24) is 19.6 Å². The first-order chi connectivity index (χ1) is 30.1. The maximum atomic E-state index is 12.7. The fourth-order valence-electron chi connectivity index (χ4n) is 8.59. The van der Waals surface area contributed by atoms with Crippen LogP contribution in [0.1, 0.15) is 84.2 Å². The van der Waals surface area contributed by atoms with Gasteiger partial charge in [0.2, 0.25) is 0 Å². The molecule has 0 atom stereocenters. The van der Waals surface area contributed by atoms with E-state index in [1.807, 2.05) is 88.7 Å². The molecule has 5 aliphatic rings. The summed E-state index contributed by atoms with van der Waals surface area (Å²) in [6.07, 6.45) is 5.16. The summed E-state index contributed by atoms with van der Waals surface area (Å²) in [6, 6.07) is 27.3. The van der Waals surface area contributed by atoms with Gasteiger partial charge in [0.15, 0.2) is 0 Å². The van der Waals surface area contributed by atoms with Crippen LogP contribution >= 0.6 is 0 Å². The number of amides is 4. The van der Waals surface area contributed by atoms with Crippen LogP contribution in [-0.2, 0) is 22.6 Å². The molecular formula is C48H54N8O6. The standard InChI is InChI=1S/C25H28N4O3.C23H26N4O3/c1-2-32-24(31)29-16-20-15-19(9-10-21(20)27-23(26)25(29)11-12-25)17-5-7-18(8-6-17)22(30)28-13-3-4-14-28;1-2-30-23(29)27-14-19-13-18(9-10-20(19)25-21(24)15-27)16-5-7-17(8-6-16)22(28)26-11-3-4-12-26/h5-10,15H,2-4,11-14,16H2,1H3,(H2,26,27);5-10,13H,2-4,11-12,14-15H2,1H3,(H2,24,25). The monoisotopic (exact) mass is 838 g/mol. The molecule has 0 aromatic heterocycles. The van der Waals surface area contributed by atoms with E-state index >= 15 is 0 Å². The molecular weight excluding hydrogens is 785 g/mol. The van der Waals surface area contributed by atoms with E-state index in [-0.39, 0.29) is 24.5 Å². The van der Waals surface area contributed by atoms with Crippen LogP contribution < -0.4 is 11.5 Å². The molecule has 0 bridgehead atoms. The van der Waals surface area contributed by atoms with Crippen molar-refractivity contribution in [3.8, 4) is 22.3 Å². The zero-order valence-corrected chi connectivity index (χ0v) is 35.5. The summed E-state index contributed by atoms with van der Waals surface area (Å²) in [6.45, 7) is 8.57. The number of benzene rings is 4. The molecule has 1 spiro atoms. The summed E-state index contributed by atoms with van der Waals surface area (Å²) in [5.41, 5.74) is 20.6. The van der Waals surface area contributed by atoms with E-state index in [4.69, 9.17) is 20.9 Å². The third-order valence-corrected chi connectivity index (χ3v) is 12.2. The van der Waals surface area contributed by atoms with Crippen LogP contribution in [0.15, 0.2) is 94.9 Å². The summed E-state index contributed by atoms with van der Waals surface area (Å²) in [5.74, 6) is 1.04. The Balaban J connectivity index is 0.000000171. The Labute approximate surface area is 362 Å². The molecule has 1 saturated carbocycles. The average Bonchev–Trinajstić information content (AvgIpc) is 3.66. The minimum Gasteiger partial charge on any atom is -0.450 e. The lowest BCUT2D eigenvalue weighted by Gasteiger charge is -2.29. The van der Waals surface area contributed by atoms with Crippen molar-refractivity contribution in [3.05, 3.63) is 107 Å². The van der Waals surface area contributed by atoms with Gasteiger partial charge in [-0.05, 0) is 134 Å². The average molecular weight is 839 g/mol. The topological polar surface area (TPSA) is 176 Å². The predicted molar refractivity (Wildman–Crippen MR) is 239 cm³/mol. The summed E-state index contributed by atoms with van der Waals surface area (Å²) < 4.78 is 10.4. The van der Waals surface area contributed by atoms with E-state index < -0.39 is 11.6 Å². The van der Waals surface area contributed by atoms with Gasteiger partial charge < -0.3 is 30.7 Å². The number of likely N-dealkylation sites (tertiary alicyclic amines) is 2. The van der Waals surface area contributed by atoms with Gasteiger partial charge in [0.1, 0.15) is 17.2 Å². The van der Waals surface area contributed by atoms with Gasteiger partial charge >= 0.3 is 12.2 Å². The first kappa shape index (κ1) is 42.0. The molecule has 3 fully saturated rings. The Kier molecular flexibility index (Phi) is 12.3. The van der Waals surface area contributed by atoms with Crippen molar-refractivity contribution in [3.63, 3.8) is 0 Å². The van der Waals surface area contributed by atoms with E-state index in [2.05, 4.69) is 16.1 Å². The van der Waals surface area contributed by atoms with E-state index in [0.717, 1.165) is 109 Å². The SMILES string of the molecule is CCOC(=O)N1CC(N)=Nc2ccc(-c3ccc(C(=O)N4CCCC4)cc3)cc2C1.CCOC(=O)N1Cc2cc(-c3ccc(C(=O)N4CCCC4)cc3)ccc2N=C(N)C12CC2. The van der Waals surface area contributed by atoms with Crippen LogP contribution in [0.25, 0.3) is 22.3 Å². The summed E-state index contributed by atoms with van der Waals surface area (Å²) in [4.78, 5) is 66.3. The predicted octanol–water partition coefficient (Wildman–Crippen LogP) is 7.63. The number of ether oxygens (including phenoxy) is 2. The second-order valence-corrected chi connectivity index (χ2v) is 16.3. The maximum absolute atomic E-state index is 12.7. The van der Waals surface area contributed by atoms with Crippen molar-refractivity contribution >= 4 is 47.0 Å². The van der Waals surface area contributed by atoms with Gasteiger partial charge in [0, 0.05) is 37.3 Å². The maximum Gasteiger partial charge on any atom is 0.410 e. The lowest BCUT2D eigenvalue weighted by Crippen LogP contribution is -2.49. The van der Waals surface area contributed by atoms with Crippen molar-refractivity contribution in [2.24, 2.45) is 21.5 Å². The highest BCUT2D eigenvalue weighted by molar-refractivity contribution is 5.99. The van der Waals surface area contributed by atoms with Crippen LogP contribution in [0.3, 0.4) is 0 Å². The zero-order chi connectivity index (χ0) is 43.4. The lowest BCUT2D eigenvalue weighted by molar-refractivity contribution is 0.0785. The number of nitrogens with two attached hydrogens (primary N) is 2. The number of carbonyl (C=O) groups excluding carboxylic acids is 4. The van der Waals surface area contributed by atoms with E-state index in [1.165, 1.54) is 0 Å². The van der Waals surface area contributed by atoms with Crippen molar-refractivity contribution < 1.29 is 28.7 Å². The number of aliphatic imine (C=N–C) groups is 2. The van der Waals surface area contributed by atoms with Crippen LogP contribution in [0.5, 0.6) is 0 Å². The van der Waals surface area contributed by atoms with Gasteiger partial charge in [-0.15, -0.1) is 0 Å². The van der Waals surface area contributed by atoms with Crippen LogP contribution in [-0.4, -0.2) is 107 Å². The quantitative estimate of drug-likeness (QED) is 0.199. The number of hydrogen-bond acceptors (Lipinski definition) is 10. The van der Waals surface area contributed by atoms with Gasteiger partial charge in [0.25, 0.3) is 11.8 Å². The summed E-state index contributed by atoms with van der Waals surface area (Å²) in [7, 11) is 0. The third kappa shape index (κ3) is 8.86. The van der Waals surface area contributed by atoms with E-state index in [9.17, 15) is 19.2 Å². The number of rotatable bonds is 6. The Morgan fingerprint density at radius 1 is 0.565 bits per heavy atom. The van der Waals surface area contributed by atoms with Crippen molar-refractivity contribution in [2.75, 3.05) is 45.9 Å². The lowest BCUT2D eigenvalue weighted by atomic mass is 10.00. The fraction of sp³-hybridized carbons (Fsp3) is 0.375. The molecule has 14 heteroatoms. The van der Waals surface area contributed by atoms with Gasteiger partial charge in [-0.1, -0.05) is 36.4 Å². The largest absolute Gasteiger partial charge is 0.450 e. The Bertz CT molecular complexity index is 2400. The molecule has 4 aromatic carbocycles. The zero-order valence-electron chi connectivity index (χ0n) is 35.5. The van der Waals surface area contributed by atoms with Crippen LogP contribution in [0.4, 0.5) is 21.0 Å². The highest BCUT2D eigenvalue weighted by Crippen LogP contribution is 2.46. The molecule has 9 rings (SSSR count). The van der Waals surface area contributed by atoms with Crippen molar-refractivity contribution in [2.45, 2.75) is 71.0 Å². The highest BCUT2D eigenvalue weighted by Gasteiger charge is 2.55. The molecule has 14 nitrogen and oxygen atoms in total. The minimum atomic E-state index is -0.525. The first-order valence-corrected chi connectivity index (χ1v) is 21.7. The van der Waals surface area contributed by atoms with Gasteiger partial charge in [-0.25, -0.2) is 19.6 Å². The van der Waals surface area contributed by atoms with Crippen LogP contribution in [0.2, 0.25) is 0 Å². The molecule has 4 aromatic rings. The molecule has 4 aliphatic heterocycles. The van der Waals surface area contributed by atoms with Gasteiger partial charge in [0.05, 0.1) is 44.2 Å². The fourth-order valence-corrected chi connectivity index (χ4v) is 8.59. The third-order valence-electron chi connectivity index (χ3n) is 12.2. The molecule has 0 radical (unpaired) electrons. The Morgan fingerprint density at radius 3 is 1.50 bits per heavy atom.